The van der Waals surface area contributed by atoms with Crippen LogP contribution in [0.2, 0.25) is 0 Å². The largest absolute Gasteiger partial charge is 0.352 e. The van der Waals surface area contributed by atoms with Crippen LogP contribution in [0.15, 0.2) is 24.3 Å². The zero-order valence-electron chi connectivity index (χ0n) is 13.7. The van der Waals surface area contributed by atoms with E-state index >= 15 is 0 Å². The van der Waals surface area contributed by atoms with Crippen molar-refractivity contribution in [2.75, 3.05) is 19.6 Å². The Labute approximate surface area is 132 Å². The molecule has 0 atom stereocenters. The molecule has 0 saturated heterocycles. The number of unbranched alkanes of at least 4 members (excludes halogenated alkanes) is 1. The van der Waals surface area contributed by atoms with Crippen LogP contribution in [0.25, 0.3) is 0 Å². The molecule has 0 aromatic heterocycles. The Kier molecular flexibility index (Phi) is 7.05. The monoisotopic (exact) mass is 305 g/mol. The maximum atomic E-state index is 12.0. The normalized spacial score (nSPS) is 11.1. The molecule has 0 radical (unpaired) electrons. The molecule has 5 nitrogen and oxygen atoms in total. The van der Waals surface area contributed by atoms with Crippen LogP contribution in [0.4, 0.5) is 0 Å². The van der Waals surface area contributed by atoms with Gasteiger partial charge in [-0.3, -0.25) is 9.59 Å². The quantitative estimate of drug-likeness (QED) is 0.673. The molecule has 0 fully saturated rings. The average molecular weight is 305 g/mol. The predicted molar refractivity (Wildman–Crippen MR) is 88.9 cm³/mol. The number of hydrogen-bond acceptors (Lipinski definition) is 3. The van der Waals surface area contributed by atoms with Crippen LogP contribution in [0.5, 0.6) is 0 Å². The molecule has 0 aliphatic heterocycles. The minimum atomic E-state index is -0.126. The van der Waals surface area contributed by atoms with Gasteiger partial charge >= 0.3 is 0 Å². The number of carbonyl (C=O) groups excluding carboxylic acids is 2. The number of hydrogen-bond donors (Lipinski definition) is 3. The number of amides is 2. The third-order valence-corrected chi connectivity index (χ3v) is 3.11. The Morgan fingerprint density at radius 1 is 0.955 bits per heavy atom. The Bertz CT molecular complexity index is 490. The Balaban J connectivity index is 2.51. The lowest BCUT2D eigenvalue weighted by atomic mass is 9.97. The van der Waals surface area contributed by atoms with Crippen molar-refractivity contribution in [3.8, 4) is 0 Å². The molecule has 0 aliphatic carbocycles. The lowest BCUT2D eigenvalue weighted by Gasteiger charge is -2.18. The number of benzene rings is 1. The van der Waals surface area contributed by atoms with Gasteiger partial charge in [-0.15, -0.1) is 0 Å². The van der Waals surface area contributed by atoms with Crippen molar-refractivity contribution < 1.29 is 9.59 Å². The average Bonchev–Trinajstić information content (AvgIpc) is 2.48. The van der Waals surface area contributed by atoms with Crippen molar-refractivity contribution >= 4 is 11.8 Å². The van der Waals surface area contributed by atoms with Gasteiger partial charge in [0.2, 0.25) is 0 Å². The first-order valence-electron chi connectivity index (χ1n) is 7.70. The van der Waals surface area contributed by atoms with Crippen LogP contribution in [-0.4, -0.2) is 31.4 Å². The first-order valence-corrected chi connectivity index (χ1v) is 7.70. The SMILES string of the molecule is CC(C)(C)CNC(=O)c1ccc(C(=O)NCCCCN)cc1. The topological polar surface area (TPSA) is 84.2 Å². The predicted octanol–water partition coefficient (Wildman–Crippen LogP) is 1.93. The van der Waals surface area contributed by atoms with E-state index in [1.165, 1.54) is 0 Å². The number of rotatable bonds is 7. The highest BCUT2D eigenvalue weighted by Crippen LogP contribution is 2.11. The summed E-state index contributed by atoms with van der Waals surface area (Å²) in [6.07, 6.45) is 1.77. The van der Waals surface area contributed by atoms with E-state index < -0.39 is 0 Å². The molecule has 1 aromatic carbocycles. The molecule has 1 rings (SSSR count). The summed E-state index contributed by atoms with van der Waals surface area (Å²) in [5.74, 6) is -0.247. The second-order valence-corrected chi connectivity index (χ2v) is 6.57. The number of nitrogens with one attached hydrogen (secondary N) is 2. The summed E-state index contributed by atoms with van der Waals surface area (Å²) in [6.45, 7) is 8.04. The standard InChI is InChI=1S/C17H27N3O2/c1-17(2,3)12-20-16(22)14-8-6-13(7-9-14)15(21)19-11-5-4-10-18/h6-9H,4-5,10-12,18H2,1-3H3,(H,19,21)(H,20,22). The van der Waals surface area contributed by atoms with Gasteiger partial charge in [0.15, 0.2) is 0 Å². The first-order chi connectivity index (χ1) is 10.3. The van der Waals surface area contributed by atoms with Crippen molar-refractivity contribution in [3.63, 3.8) is 0 Å². The van der Waals surface area contributed by atoms with Crippen LogP contribution >= 0.6 is 0 Å². The molecule has 1 aromatic rings. The highest BCUT2D eigenvalue weighted by Gasteiger charge is 2.13. The van der Waals surface area contributed by atoms with Gasteiger partial charge in [-0.25, -0.2) is 0 Å². The van der Waals surface area contributed by atoms with E-state index in [0.29, 0.717) is 30.8 Å². The van der Waals surface area contributed by atoms with Crippen molar-refractivity contribution in [3.05, 3.63) is 35.4 Å². The first kappa shape index (κ1) is 18.2. The lowest BCUT2D eigenvalue weighted by molar-refractivity contribution is 0.0932. The van der Waals surface area contributed by atoms with Crippen LogP contribution < -0.4 is 16.4 Å². The van der Waals surface area contributed by atoms with Crippen molar-refractivity contribution in [2.45, 2.75) is 33.6 Å². The maximum absolute atomic E-state index is 12.0. The summed E-state index contributed by atoms with van der Waals surface area (Å²) in [4.78, 5) is 23.9. The fraction of sp³-hybridized carbons (Fsp3) is 0.529. The fourth-order valence-electron chi connectivity index (χ4n) is 1.79. The highest BCUT2D eigenvalue weighted by molar-refractivity contribution is 5.97. The van der Waals surface area contributed by atoms with Crippen LogP contribution in [-0.2, 0) is 0 Å². The minimum Gasteiger partial charge on any atom is -0.352 e. The van der Waals surface area contributed by atoms with Crippen LogP contribution in [0, 0.1) is 5.41 Å². The molecule has 22 heavy (non-hydrogen) atoms. The highest BCUT2D eigenvalue weighted by atomic mass is 16.2. The molecule has 0 unspecified atom stereocenters. The van der Waals surface area contributed by atoms with E-state index in [0.717, 1.165) is 12.8 Å². The molecule has 5 heteroatoms. The Hall–Kier alpha value is -1.88. The summed E-state index contributed by atoms with van der Waals surface area (Å²) in [5, 5.41) is 5.72. The molecule has 0 heterocycles. The van der Waals surface area contributed by atoms with Gasteiger partial charge in [-0.2, -0.15) is 0 Å². The molecule has 122 valence electrons. The number of carbonyl (C=O) groups is 2. The van der Waals surface area contributed by atoms with E-state index in [1.807, 2.05) is 0 Å². The molecule has 4 N–H and O–H groups in total. The van der Waals surface area contributed by atoms with Crippen LogP contribution in [0.3, 0.4) is 0 Å². The molecular formula is C17H27N3O2. The van der Waals surface area contributed by atoms with E-state index in [1.54, 1.807) is 24.3 Å². The van der Waals surface area contributed by atoms with E-state index in [2.05, 4.69) is 31.4 Å². The smallest absolute Gasteiger partial charge is 0.251 e. The Morgan fingerprint density at radius 2 is 1.45 bits per heavy atom. The maximum Gasteiger partial charge on any atom is 0.251 e. The van der Waals surface area contributed by atoms with Crippen molar-refractivity contribution in [1.29, 1.82) is 0 Å². The van der Waals surface area contributed by atoms with E-state index in [4.69, 9.17) is 5.73 Å². The minimum absolute atomic E-state index is 0.0407. The molecule has 2 amide bonds. The summed E-state index contributed by atoms with van der Waals surface area (Å²) in [6, 6.07) is 6.69. The van der Waals surface area contributed by atoms with Crippen LogP contribution in [0.1, 0.15) is 54.3 Å². The van der Waals surface area contributed by atoms with Gasteiger partial charge in [0.05, 0.1) is 0 Å². The summed E-state index contributed by atoms with van der Waals surface area (Å²) in [5.41, 5.74) is 6.56. The summed E-state index contributed by atoms with van der Waals surface area (Å²) in [7, 11) is 0. The van der Waals surface area contributed by atoms with Gasteiger partial charge in [0.25, 0.3) is 11.8 Å². The molecular weight excluding hydrogens is 278 g/mol. The summed E-state index contributed by atoms with van der Waals surface area (Å²) >= 11 is 0. The zero-order valence-corrected chi connectivity index (χ0v) is 13.7. The lowest BCUT2D eigenvalue weighted by Crippen LogP contribution is -2.32. The van der Waals surface area contributed by atoms with Gasteiger partial charge in [0.1, 0.15) is 0 Å². The van der Waals surface area contributed by atoms with Crippen molar-refractivity contribution in [1.82, 2.24) is 10.6 Å². The molecule has 0 bridgehead atoms. The van der Waals surface area contributed by atoms with Gasteiger partial charge < -0.3 is 16.4 Å². The van der Waals surface area contributed by atoms with Gasteiger partial charge in [-0.1, -0.05) is 20.8 Å². The fourth-order valence-corrected chi connectivity index (χ4v) is 1.79. The molecule has 0 aliphatic rings. The second kappa shape index (κ2) is 8.54. The molecule has 0 saturated carbocycles. The third-order valence-electron chi connectivity index (χ3n) is 3.11. The second-order valence-electron chi connectivity index (χ2n) is 6.57. The Morgan fingerprint density at radius 3 is 1.91 bits per heavy atom. The van der Waals surface area contributed by atoms with Gasteiger partial charge in [0, 0.05) is 24.2 Å². The number of nitrogens with two attached hydrogens (primary N) is 1. The zero-order chi connectivity index (χ0) is 16.6. The van der Waals surface area contributed by atoms with Crippen molar-refractivity contribution in [2.24, 2.45) is 11.1 Å². The summed E-state index contributed by atoms with van der Waals surface area (Å²) < 4.78 is 0. The van der Waals surface area contributed by atoms with Gasteiger partial charge in [-0.05, 0) is 49.1 Å². The molecule has 0 spiro atoms. The third kappa shape index (κ3) is 6.72. The van der Waals surface area contributed by atoms with E-state index in [-0.39, 0.29) is 17.2 Å². The van der Waals surface area contributed by atoms with E-state index in [9.17, 15) is 9.59 Å².